The molecular formula is C17H21N5OS. The fourth-order valence-corrected chi connectivity index (χ4v) is 3.82. The summed E-state index contributed by atoms with van der Waals surface area (Å²) in [6.07, 6.45) is 8.01. The fourth-order valence-electron chi connectivity index (χ4n) is 2.82. The molecule has 7 heteroatoms. The monoisotopic (exact) mass is 343 g/mol. The molecule has 0 spiro atoms. The molecule has 2 heterocycles. The highest BCUT2D eigenvalue weighted by Crippen LogP contribution is 2.27. The van der Waals surface area contributed by atoms with Crippen molar-refractivity contribution in [1.82, 2.24) is 20.7 Å². The smallest absolute Gasteiger partial charge is 0.334 e. The molecular weight excluding hydrogens is 322 g/mol. The quantitative estimate of drug-likeness (QED) is 0.659. The van der Waals surface area contributed by atoms with E-state index in [1.807, 2.05) is 26.0 Å². The molecule has 2 aromatic heterocycles. The molecule has 3 rings (SSSR count). The average molecular weight is 343 g/mol. The van der Waals surface area contributed by atoms with Crippen LogP contribution in [0.5, 0.6) is 0 Å². The molecule has 126 valence electrons. The second-order valence-electron chi connectivity index (χ2n) is 5.94. The van der Waals surface area contributed by atoms with E-state index in [4.69, 9.17) is 0 Å². The minimum atomic E-state index is -0.240. The van der Waals surface area contributed by atoms with Gasteiger partial charge in [-0.25, -0.2) is 15.2 Å². The summed E-state index contributed by atoms with van der Waals surface area (Å²) in [5, 5.41) is 8.07. The number of hydrazone groups is 1. The van der Waals surface area contributed by atoms with Gasteiger partial charge in [0.2, 0.25) is 0 Å². The van der Waals surface area contributed by atoms with Crippen molar-refractivity contribution < 1.29 is 4.79 Å². The third-order valence-corrected chi connectivity index (χ3v) is 5.36. The van der Waals surface area contributed by atoms with E-state index in [0.29, 0.717) is 0 Å². The fraction of sp³-hybridized carbons (Fsp3) is 0.412. The summed E-state index contributed by atoms with van der Waals surface area (Å²) in [6, 6.07) is 3.91. The first kappa shape index (κ1) is 16.6. The van der Waals surface area contributed by atoms with Gasteiger partial charge in [0.25, 0.3) is 0 Å². The number of aryl methyl sites for hydroxylation is 1. The van der Waals surface area contributed by atoms with Crippen molar-refractivity contribution in [1.29, 1.82) is 0 Å². The van der Waals surface area contributed by atoms with E-state index in [1.165, 1.54) is 12.8 Å². The highest BCUT2D eigenvalue weighted by atomic mass is 32.1. The number of hydrogen-bond acceptors (Lipinski definition) is 5. The molecule has 1 saturated carbocycles. The van der Waals surface area contributed by atoms with Crippen molar-refractivity contribution in [2.75, 3.05) is 0 Å². The number of nitrogens with zero attached hydrogens (tertiary/aromatic N) is 3. The van der Waals surface area contributed by atoms with Gasteiger partial charge in [0.1, 0.15) is 5.01 Å². The molecule has 24 heavy (non-hydrogen) atoms. The average Bonchev–Trinajstić information content (AvgIpc) is 3.23. The molecule has 1 aliphatic carbocycles. The van der Waals surface area contributed by atoms with Crippen LogP contribution < -0.4 is 10.7 Å². The van der Waals surface area contributed by atoms with Crippen molar-refractivity contribution >= 4 is 23.1 Å². The number of rotatable bonds is 4. The summed E-state index contributed by atoms with van der Waals surface area (Å²) in [6.45, 7) is 3.83. The molecule has 2 N–H and O–H groups in total. The second-order valence-corrected chi connectivity index (χ2v) is 6.94. The van der Waals surface area contributed by atoms with Gasteiger partial charge in [-0.15, -0.1) is 11.3 Å². The van der Waals surface area contributed by atoms with Crippen LogP contribution in [0.4, 0.5) is 4.79 Å². The number of urea groups is 1. The van der Waals surface area contributed by atoms with Crippen LogP contribution in [0.25, 0.3) is 10.6 Å². The maximum atomic E-state index is 11.9. The molecule has 0 unspecified atom stereocenters. The first-order valence-corrected chi connectivity index (χ1v) is 8.94. The van der Waals surface area contributed by atoms with Gasteiger partial charge in [0, 0.05) is 24.0 Å². The number of hydrogen-bond donors (Lipinski definition) is 2. The molecule has 2 aromatic rings. The molecule has 0 aliphatic heterocycles. The summed E-state index contributed by atoms with van der Waals surface area (Å²) in [4.78, 5) is 21.6. The van der Waals surface area contributed by atoms with Crippen LogP contribution in [0.15, 0.2) is 29.6 Å². The second kappa shape index (κ2) is 7.53. The van der Waals surface area contributed by atoms with Gasteiger partial charge in [0.15, 0.2) is 0 Å². The summed E-state index contributed by atoms with van der Waals surface area (Å²) < 4.78 is 0. The van der Waals surface area contributed by atoms with E-state index in [2.05, 4.69) is 25.8 Å². The van der Waals surface area contributed by atoms with E-state index in [0.717, 1.165) is 39.7 Å². The van der Waals surface area contributed by atoms with E-state index < -0.39 is 0 Å². The van der Waals surface area contributed by atoms with Gasteiger partial charge in [0.05, 0.1) is 16.3 Å². The Labute approximate surface area is 145 Å². The highest BCUT2D eigenvalue weighted by Gasteiger charge is 2.17. The zero-order chi connectivity index (χ0) is 16.9. The Morgan fingerprint density at radius 1 is 1.38 bits per heavy atom. The maximum Gasteiger partial charge on any atom is 0.335 e. The van der Waals surface area contributed by atoms with Crippen molar-refractivity contribution in [2.24, 2.45) is 5.10 Å². The zero-order valence-corrected chi connectivity index (χ0v) is 14.7. The first-order chi connectivity index (χ1) is 11.6. The standard InChI is InChI=1S/C17H21N5OS/c1-11-15(24-16(19-11)13-6-5-9-18-10-13)12(2)21-22-17(23)20-14-7-3-4-8-14/h5-6,9-10,14H,3-4,7-8H2,1-2H3,(H2,20,22,23)/b21-12-. The lowest BCUT2D eigenvalue weighted by Crippen LogP contribution is -2.39. The Hall–Kier alpha value is -2.28. The van der Waals surface area contributed by atoms with Gasteiger partial charge < -0.3 is 5.32 Å². The number of carbonyl (C=O) groups excluding carboxylic acids is 1. The Morgan fingerprint density at radius 2 is 2.17 bits per heavy atom. The van der Waals surface area contributed by atoms with Crippen LogP contribution in [-0.4, -0.2) is 27.8 Å². The number of nitrogens with one attached hydrogen (secondary N) is 2. The van der Waals surface area contributed by atoms with E-state index in [-0.39, 0.29) is 12.1 Å². The van der Waals surface area contributed by atoms with Crippen LogP contribution in [-0.2, 0) is 0 Å². The molecule has 0 bridgehead atoms. The van der Waals surface area contributed by atoms with Crippen LogP contribution in [0, 0.1) is 6.92 Å². The molecule has 0 aromatic carbocycles. The largest absolute Gasteiger partial charge is 0.335 e. The lowest BCUT2D eigenvalue weighted by molar-refractivity contribution is 0.237. The normalized spacial score (nSPS) is 15.5. The van der Waals surface area contributed by atoms with Gasteiger partial charge in [-0.05, 0) is 38.8 Å². The number of pyridine rings is 1. The van der Waals surface area contributed by atoms with Crippen molar-refractivity contribution in [3.05, 3.63) is 35.1 Å². The summed E-state index contributed by atoms with van der Waals surface area (Å²) in [7, 11) is 0. The predicted molar refractivity (Wildman–Crippen MR) is 96.2 cm³/mol. The van der Waals surface area contributed by atoms with Gasteiger partial charge >= 0.3 is 6.03 Å². The zero-order valence-electron chi connectivity index (χ0n) is 13.9. The molecule has 0 saturated heterocycles. The Balaban J connectivity index is 1.67. The van der Waals surface area contributed by atoms with Gasteiger partial charge in [-0.3, -0.25) is 4.98 Å². The maximum absolute atomic E-state index is 11.9. The summed E-state index contributed by atoms with van der Waals surface area (Å²) in [5.74, 6) is 0. The van der Waals surface area contributed by atoms with E-state index >= 15 is 0 Å². The molecule has 2 amide bonds. The van der Waals surface area contributed by atoms with Crippen LogP contribution in [0.3, 0.4) is 0 Å². The van der Waals surface area contributed by atoms with E-state index in [1.54, 1.807) is 23.7 Å². The summed E-state index contributed by atoms with van der Waals surface area (Å²) in [5.41, 5.74) is 5.22. The van der Waals surface area contributed by atoms with Crippen LogP contribution >= 0.6 is 11.3 Å². The number of aromatic nitrogens is 2. The first-order valence-electron chi connectivity index (χ1n) is 8.12. The third-order valence-electron chi connectivity index (χ3n) is 4.05. The minimum absolute atomic E-state index is 0.240. The lowest BCUT2D eigenvalue weighted by atomic mass is 10.3. The van der Waals surface area contributed by atoms with E-state index in [9.17, 15) is 4.79 Å². The molecule has 0 atom stereocenters. The topological polar surface area (TPSA) is 79.3 Å². The van der Waals surface area contributed by atoms with Crippen LogP contribution in [0.2, 0.25) is 0 Å². The molecule has 1 aliphatic rings. The predicted octanol–water partition coefficient (Wildman–Crippen LogP) is 3.48. The third kappa shape index (κ3) is 3.97. The highest BCUT2D eigenvalue weighted by molar-refractivity contribution is 7.17. The Kier molecular flexibility index (Phi) is 5.20. The number of carbonyl (C=O) groups is 1. The summed E-state index contributed by atoms with van der Waals surface area (Å²) >= 11 is 1.55. The minimum Gasteiger partial charge on any atom is -0.334 e. The molecule has 0 radical (unpaired) electrons. The molecule has 6 nitrogen and oxygen atoms in total. The number of amides is 2. The molecule has 1 fully saturated rings. The Bertz CT molecular complexity index is 735. The number of thiazole rings is 1. The van der Waals surface area contributed by atoms with Crippen LogP contribution in [0.1, 0.15) is 43.2 Å². The SMILES string of the molecule is C/C(=N/NC(=O)NC1CCCC1)c1sc(-c2cccnc2)nc1C. The Morgan fingerprint density at radius 3 is 2.88 bits per heavy atom. The van der Waals surface area contributed by atoms with Gasteiger partial charge in [-0.2, -0.15) is 5.10 Å². The van der Waals surface area contributed by atoms with Crippen molar-refractivity contribution in [3.8, 4) is 10.6 Å². The van der Waals surface area contributed by atoms with Gasteiger partial charge in [-0.1, -0.05) is 12.8 Å². The van der Waals surface area contributed by atoms with Crippen molar-refractivity contribution in [3.63, 3.8) is 0 Å². The lowest BCUT2D eigenvalue weighted by Gasteiger charge is -2.10. The van der Waals surface area contributed by atoms with Crippen molar-refractivity contribution in [2.45, 2.75) is 45.6 Å².